The molecule has 0 spiro atoms. The van der Waals surface area contributed by atoms with Crippen molar-refractivity contribution in [1.82, 2.24) is 20.5 Å². The molecule has 0 aliphatic rings. The largest absolute Gasteiger partial charge is 0.342 e. The summed E-state index contributed by atoms with van der Waals surface area (Å²) in [6, 6.07) is -0.320. The van der Waals surface area contributed by atoms with Crippen LogP contribution in [0.2, 0.25) is 0 Å². The van der Waals surface area contributed by atoms with Gasteiger partial charge in [-0.05, 0) is 13.8 Å². The molecule has 1 heterocycles. The van der Waals surface area contributed by atoms with Crippen LogP contribution in [-0.2, 0) is 11.2 Å². The summed E-state index contributed by atoms with van der Waals surface area (Å²) >= 11 is 1.65. The highest BCUT2D eigenvalue weighted by atomic mass is 32.1. The molecule has 0 radical (unpaired) electrons. The third-order valence-corrected chi connectivity index (χ3v) is 4.44. The topological polar surface area (TPSA) is 74.3 Å². The number of hydrogen-bond donors (Lipinski definition) is 2. The fraction of sp³-hybridized carbons (Fsp3) is 0.667. The molecule has 7 heteroatoms. The fourth-order valence-electron chi connectivity index (χ4n) is 1.91. The third kappa shape index (κ3) is 6.01. The van der Waals surface area contributed by atoms with Crippen molar-refractivity contribution in [2.45, 2.75) is 40.0 Å². The minimum atomic E-state index is -0.320. The molecule has 0 saturated carbocycles. The molecule has 0 bridgehead atoms. The lowest BCUT2D eigenvalue weighted by Crippen LogP contribution is -2.44. The van der Waals surface area contributed by atoms with Gasteiger partial charge in [0.1, 0.15) is 0 Å². The lowest BCUT2D eigenvalue weighted by atomic mass is 10.2. The molecule has 1 rings (SSSR count). The monoisotopic (exact) mass is 326 g/mol. The Hall–Kier alpha value is -1.63. The van der Waals surface area contributed by atoms with Gasteiger partial charge in [-0.15, -0.1) is 11.3 Å². The maximum Gasteiger partial charge on any atom is 0.315 e. The van der Waals surface area contributed by atoms with Crippen LogP contribution in [0, 0.1) is 0 Å². The summed E-state index contributed by atoms with van der Waals surface area (Å²) in [6.45, 7) is 9.90. The summed E-state index contributed by atoms with van der Waals surface area (Å²) in [7, 11) is 0. The average Bonchev–Trinajstić information content (AvgIpc) is 2.95. The van der Waals surface area contributed by atoms with Gasteiger partial charge in [0.25, 0.3) is 0 Å². The predicted octanol–water partition coefficient (Wildman–Crippen LogP) is 1.98. The molecule has 2 N–H and O–H groups in total. The second-order valence-corrected chi connectivity index (χ2v) is 6.15. The van der Waals surface area contributed by atoms with Gasteiger partial charge in [0, 0.05) is 37.4 Å². The first-order valence-corrected chi connectivity index (χ1v) is 8.59. The second-order valence-electron chi connectivity index (χ2n) is 5.26. The molecule has 0 saturated heterocycles. The molecule has 0 unspecified atom stereocenters. The minimum Gasteiger partial charge on any atom is -0.342 e. The van der Waals surface area contributed by atoms with Gasteiger partial charge in [-0.1, -0.05) is 13.8 Å². The average molecular weight is 326 g/mol. The highest BCUT2D eigenvalue weighted by Gasteiger charge is 2.11. The van der Waals surface area contributed by atoms with Crippen LogP contribution in [0.4, 0.5) is 4.79 Å². The number of rotatable bonds is 8. The van der Waals surface area contributed by atoms with Crippen LogP contribution in [0.1, 0.15) is 44.3 Å². The van der Waals surface area contributed by atoms with Gasteiger partial charge in [0.05, 0.1) is 17.2 Å². The van der Waals surface area contributed by atoms with Crippen molar-refractivity contribution in [2.24, 2.45) is 0 Å². The van der Waals surface area contributed by atoms with E-state index in [0.717, 1.165) is 10.7 Å². The third-order valence-electron chi connectivity index (χ3n) is 3.25. The van der Waals surface area contributed by atoms with Crippen LogP contribution in [0.15, 0.2) is 5.38 Å². The minimum absolute atomic E-state index is 0.0295. The lowest BCUT2D eigenvalue weighted by molar-refractivity contribution is -0.129. The Morgan fingerprint density at radius 3 is 2.50 bits per heavy atom. The van der Waals surface area contributed by atoms with Crippen LogP contribution in [-0.4, -0.2) is 48.0 Å². The summed E-state index contributed by atoms with van der Waals surface area (Å²) in [5.41, 5.74) is 0.994. The van der Waals surface area contributed by atoms with E-state index in [9.17, 15) is 9.59 Å². The SMILES string of the molecule is CCN(CC)C(=O)CNC(=O)NCCc1csc(C(C)C)n1. The molecule has 0 aliphatic heterocycles. The number of aromatic nitrogens is 1. The number of thiazole rings is 1. The van der Waals surface area contributed by atoms with E-state index in [1.165, 1.54) is 0 Å². The Kier molecular flexibility index (Phi) is 7.87. The van der Waals surface area contributed by atoms with Crippen molar-refractivity contribution in [3.8, 4) is 0 Å². The number of nitrogens with one attached hydrogen (secondary N) is 2. The number of likely N-dealkylation sites (N-methyl/N-ethyl adjacent to an activating group) is 1. The maximum absolute atomic E-state index is 11.7. The Balaban J connectivity index is 2.24. The molecular weight excluding hydrogens is 300 g/mol. The molecule has 6 nitrogen and oxygen atoms in total. The van der Waals surface area contributed by atoms with Crippen molar-refractivity contribution < 1.29 is 9.59 Å². The maximum atomic E-state index is 11.7. The van der Waals surface area contributed by atoms with E-state index in [1.54, 1.807) is 16.2 Å². The van der Waals surface area contributed by atoms with Crippen molar-refractivity contribution in [2.75, 3.05) is 26.2 Å². The summed E-state index contributed by atoms with van der Waals surface area (Å²) in [5.74, 6) is 0.363. The summed E-state index contributed by atoms with van der Waals surface area (Å²) < 4.78 is 0. The van der Waals surface area contributed by atoms with Gasteiger partial charge in [0.2, 0.25) is 5.91 Å². The normalized spacial score (nSPS) is 10.6. The summed E-state index contributed by atoms with van der Waals surface area (Å²) in [4.78, 5) is 29.6. The highest BCUT2D eigenvalue weighted by Crippen LogP contribution is 2.19. The van der Waals surface area contributed by atoms with Crippen molar-refractivity contribution in [3.05, 3.63) is 16.1 Å². The number of urea groups is 1. The fourth-order valence-corrected chi connectivity index (χ4v) is 2.78. The summed E-state index contributed by atoms with van der Waals surface area (Å²) in [6.07, 6.45) is 0.695. The number of carbonyl (C=O) groups is 2. The molecule has 0 aromatic carbocycles. The number of nitrogens with zero attached hydrogens (tertiary/aromatic N) is 2. The Labute approximate surface area is 136 Å². The van der Waals surface area contributed by atoms with Crippen LogP contribution < -0.4 is 10.6 Å². The zero-order chi connectivity index (χ0) is 16.5. The highest BCUT2D eigenvalue weighted by molar-refractivity contribution is 7.09. The van der Waals surface area contributed by atoms with E-state index in [2.05, 4.69) is 29.5 Å². The zero-order valence-electron chi connectivity index (χ0n) is 13.8. The van der Waals surface area contributed by atoms with E-state index in [-0.39, 0.29) is 18.5 Å². The van der Waals surface area contributed by atoms with Gasteiger partial charge in [-0.3, -0.25) is 4.79 Å². The van der Waals surface area contributed by atoms with E-state index in [0.29, 0.717) is 32.0 Å². The quantitative estimate of drug-likeness (QED) is 0.767. The predicted molar refractivity (Wildman–Crippen MR) is 89.2 cm³/mol. The first-order chi connectivity index (χ1) is 10.5. The Morgan fingerprint density at radius 2 is 1.95 bits per heavy atom. The van der Waals surface area contributed by atoms with E-state index in [4.69, 9.17) is 0 Å². The molecule has 1 aromatic heterocycles. The van der Waals surface area contributed by atoms with E-state index >= 15 is 0 Å². The van der Waals surface area contributed by atoms with Crippen LogP contribution in [0.3, 0.4) is 0 Å². The smallest absolute Gasteiger partial charge is 0.315 e. The molecule has 0 fully saturated rings. The molecular formula is C15H26N4O2S. The molecule has 0 atom stereocenters. The Bertz CT molecular complexity index is 484. The lowest BCUT2D eigenvalue weighted by Gasteiger charge is -2.18. The molecule has 0 aliphatic carbocycles. The molecule has 3 amide bonds. The van der Waals surface area contributed by atoms with Gasteiger partial charge in [-0.2, -0.15) is 0 Å². The molecule has 124 valence electrons. The van der Waals surface area contributed by atoms with Gasteiger partial charge in [0.15, 0.2) is 0 Å². The van der Waals surface area contributed by atoms with Crippen LogP contribution in [0.25, 0.3) is 0 Å². The Morgan fingerprint density at radius 1 is 1.27 bits per heavy atom. The van der Waals surface area contributed by atoms with Gasteiger partial charge < -0.3 is 15.5 Å². The zero-order valence-corrected chi connectivity index (χ0v) is 14.6. The number of hydrogen-bond acceptors (Lipinski definition) is 4. The van der Waals surface area contributed by atoms with Crippen LogP contribution >= 0.6 is 11.3 Å². The number of carbonyl (C=O) groups excluding carboxylic acids is 2. The van der Waals surface area contributed by atoms with Crippen LogP contribution in [0.5, 0.6) is 0 Å². The summed E-state index contributed by atoms with van der Waals surface area (Å²) in [5, 5.41) is 8.47. The van der Waals surface area contributed by atoms with Crippen molar-refractivity contribution in [1.29, 1.82) is 0 Å². The van der Waals surface area contributed by atoms with Crippen molar-refractivity contribution >= 4 is 23.3 Å². The van der Waals surface area contributed by atoms with Gasteiger partial charge in [-0.25, -0.2) is 9.78 Å². The number of amides is 3. The van der Waals surface area contributed by atoms with Crippen molar-refractivity contribution in [3.63, 3.8) is 0 Å². The first-order valence-electron chi connectivity index (χ1n) is 7.71. The van der Waals surface area contributed by atoms with E-state index in [1.807, 2.05) is 19.2 Å². The molecule has 1 aromatic rings. The molecule has 22 heavy (non-hydrogen) atoms. The standard InChI is InChI=1S/C15H26N4O2S/c1-5-19(6-2)13(20)9-17-15(21)16-8-7-12-10-22-14(18-12)11(3)4/h10-11H,5-9H2,1-4H3,(H2,16,17,21). The second kappa shape index (κ2) is 9.40. The van der Waals surface area contributed by atoms with Gasteiger partial charge >= 0.3 is 6.03 Å². The first kappa shape index (κ1) is 18.4. The van der Waals surface area contributed by atoms with E-state index < -0.39 is 0 Å².